The number of aliphatic hydroxyl groups is 2. The van der Waals surface area contributed by atoms with Crippen molar-refractivity contribution in [2.75, 3.05) is 55.5 Å². The largest absolute Gasteiger partial charge is 0.497 e. The molecular formula is C46H64N2O4. The second-order valence-electron chi connectivity index (χ2n) is 16.0. The summed E-state index contributed by atoms with van der Waals surface area (Å²) in [6, 6.07) is 24.6. The average molecular weight is 709 g/mol. The molecule has 2 N–H and O–H groups in total. The van der Waals surface area contributed by atoms with Gasteiger partial charge in [0.25, 0.3) is 0 Å². The lowest BCUT2D eigenvalue weighted by molar-refractivity contribution is -0.0581. The van der Waals surface area contributed by atoms with Crippen LogP contribution in [0.3, 0.4) is 0 Å². The maximum atomic E-state index is 12.1. The Hall–Kier alpha value is -3.42. The van der Waals surface area contributed by atoms with E-state index in [2.05, 4.69) is 106 Å². The lowest BCUT2D eigenvalue weighted by Crippen LogP contribution is -2.51. The summed E-state index contributed by atoms with van der Waals surface area (Å²) >= 11 is 0. The molecule has 0 aromatic heterocycles. The smallest absolute Gasteiger partial charge is 0.118 e. The zero-order chi connectivity index (χ0) is 37.3. The van der Waals surface area contributed by atoms with Gasteiger partial charge in [0.1, 0.15) is 17.1 Å². The first-order chi connectivity index (χ1) is 25.0. The van der Waals surface area contributed by atoms with Crippen molar-refractivity contribution in [3.8, 4) is 11.5 Å². The first-order valence-electron chi connectivity index (χ1n) is 19.5. The Morgan fingerprint density at radius 1 is 0.654 bits per heavy atom. The molecule has 0 spiro atoms. The van der Waals surface area contributed by atoms with Gasteiger partial charge in [-0.3, -0.25) is 0 Å². The van der Waals surface area contributed by atoms with Crippen LogP contribution in [-0.4, -0.2) is 81.1 Å². The van der Waals surface area contributed by atoms with Crippen molar-refractivity contribution >= 4 is 12.2 Å². The minimum absolute atomic E-state index is 0.174. The van der Waals surface area contributed by atoms with E-state index in [1.165, 1.54) is 43.2 Å². The van der Waals surface area contributed by atoms with Crippen molar-refractivity contribution in [3.05, 3.63) is 106 Å². The fourth-order valence-electron chi connectivity index (χ4n) is 9.19. The number of nitrogens with zero attached hydrogens (tertiary/aromatic N) is 2. The monoisotopic (exact) mass is 708 g/mol. The predicted octanol–water partition coefficient (Wildman–Crippen LogP) is 9.00. The van der Waals surface area contributed by atoms with Gasteiger partial charge in [-0.25, -0.2) is 0 Å². The maximum absolute atomic E-state index is 12.1. The summed E-state index contributed by atoms with van der Waals surface area (Å²) in [6.45, 7) is 3.92. The Morgan fingerprint density at radius 2 is 1.15 bits per heavy atom. The van der Waals surface area contributed by atoms with E-state index in [1.807, 2.05) is 24.3 Å². The van der Waals surface area contributed by atoms with Crippen molar-refractivity contribution in [1.29, 1.82) is 0 Å². The molecule has 52 heavy (non-hydrogen) atoms. The highest BCUT2D eigenvalue weighted by Crippen LogP contribution is 2.50. The van der Waals surface area contributed by atoms with Crippen LogP contribution in [0.1, 0.15) is 86.5 Å². The minimum Gasteiger partial charge on any atom is -0.497 e. The van der Waals surface area contributed by atoms with E-state index in [0.717, 1.165) is 79.0 Å². The molecule has 4 unspecified atom stereocenters. The molecule has 3 aliphatic carbocycles. The molecule has 6 nitrogen and oxygen atoms in total. The third-order valence-corrected chi connectivity index (χ3v) is 11.7. The molecule has 3 fully saturated rings. The van der Waals surface area contributed by atoms with Gasteiger partial charge >= 0.3 is 0 Å². The van der Waals surface area contributed by atoms with E-state index in [1.54, 1.807) is 14.2 Å². The third-order valence-electron chi connectivity index (χ3n) is 11.7. The average Bonchev–Trinajstić information content (AvgIpc) is 3.69. The number of rotatable bonds is 10. The Balaban J connectivity index is 0.000000202. The van der Waals surface area contributed by atoms with Gasteiger partial charge in [-0.15, -0.1) is 0 Å². The molecule has 0 heterocycles. The normalized spacial score (nSPS) is 26.8. The molecule has 3 aromatic carbocycles. The fraction of sp³-hybridized carbons (Fsp3) is 0.522. The van der Waals surface area contributed by atoms with Gasteiger partial charge in [0, 0.05) is 24.9 Å². The molecule has 0 radical (unpaired) electrons. The summed E-state index contributed by atoms with van der Waals surface area (Å²) in [5, 5.41) is 24.1. The van der Waals surface area contributed by atoms with Crippen LogP contribution in [0.2, 0.25) is 0 Å². The van der Waals surface area contributed by atoms with Crippen LogP contribution in [-0.2, 0) is 5.60 Å². The standard InChI is InChI=1S/C24H31NO2.C22H33NO2/c1-18-7-5-8-20(15-18)24(26)21(9-6-10-22(24)17-25(2)3)16-19-11-13-23(27-4)14-12-19;1-23(2)16-20-10-6-9-19(22(20,24)18-7-4-5-8-18)15-17-11-13-21(25-3)14-12-17/h5,7-8,11-16,22,26H,6,9-10,17H2,1-4H3;11-15,18,20,24H,4-10,16H2,1-3H3. The predicted molar refractivity (Wildman–Crippen MR) is 216 cm³/mol. The van der Waals surface area contributed by atoms with E-state index in [0.29, 0.717) is 11.8 Å². The van der Waals surface area contributed by atoms with Crippen LogP contribution < -0.4 is 9.47 Å². The highest BCUT2D eigenvalue weighted by Gasteiger charge is 2.49. The van der Waals surface area contributed by atoms with Gasteiger partial charge in [0.15, 0.2) is 0 Å². The lowest BCUT2D eigenvalue weighted by Gasteiger charge is -2.47. The number of hydrogen-bond acceptors (Lipinski definition) is 6. The SMILES string of the molecule is COc1ccc(C=C2CCCC(CN(C)C)C2(O)C2CCCC2)cc1.COc1ccc(C=C2CCCC(CN(C)C)C2(O)c2cccc(C)c2)cc1. The number of ether oxygens (including phenoxy) is 2. The van der Waals surface area contributed by atoms with Crippen molar-refractivity contribution in [2.24, 2.45) is 17.8 Å². The van der Waals surface area contributed by atoms with Gasteiger partial charge in [0.05, 0.1) is 19.8 Å². The molecule has 0 bridgehead atoms. The molecule has 3 aliphatic rings. The molecule has 282 valence electrons. The highest BCUT2D eigenvalue weighted by molar-refractivity contribution is 5.59. The number of hydrogen-bond donors (Lipinski definition) is 2. The number of methoxy groups -OCH3 is 2. The Labute approximate surface area is 314 Å². The van der Waals surface area contributed by atoms with Crippen molar-refractivity contribution in [3.63, 3.8) is 0 Å². The summed E-state index contributed by atoms with van der Waals surface area (Å²) in [7, 11) is 11.8. The van der Waals surface area contributed by atoms with Crippen LogP contribution in [0.5, 0.6) is 11.5 Å². The van der Waals surface area contributed by atoms with Crippen LogP contribution in [0.25, 0.3) is 12.2 Å². The quantitative estimate of drug-likeness (QED) is 0.219. The van der Waals surface area contributed by atoms with Crippen molar-refractivity contribution in [2.45, 2.75) is 82.3 Å². The summed E-state index contributed by atoms with van der Waals surface area (Å²) in [4.78, 5) is 4.42. The second-order valence-corrected chi connectivity index (χ2v) is 16.0. The molecule has 4 atom stereocenters. The Kier molecular flexibility index (Phi) is 13.8. The first-order valence-corrected chi connectivity index (χ1v) is 19.5. The van der Waals surface area contributed by atoms with Gasteiger partial charge in [-0.05, 0) is 145 Å². The van der Waals surface area contributed by atoms with E-state index in [-0.39, 0.29) is 5.92 Å². The molecule has 0 amide bonds. The van der Waals surface area contributed by atoms with Crippen LogP contribution in [0.15, 0.2) is 83.9 Å². The van der Waals surface area contributed by atoms with E-state index < -0.39 is 11.2 Å². The maximum Gasteiger partial charge on any atom is 0.118 e. The molecule has 3 aromatic rings. The summed E-state index contributed by atoms with van der Waals surface area (Å²) in [5.41, 5.74) is 5.24. The number of aryl methyl sites for hydroxylation is 1. The molecular weight excluding hydrogens is 645 g/mol. The van der Waals surface area contributed by atoms with Crippen LogP contribution in [0.4, 0.5) is 0 Å². The molecule has 3 saturated carbocycles. The Bertz CT molecular complexity index is 1620. The topological polar surface area (TPSA) is 65.4 Å². The first kappa shape index (κ1) is 39.8. The number of benzene rings is 3. The van der Waals surface area contributed by atoms with Gasteiger partial charge in [-0.2, -0.15) is 0 Å². The summed E-state index contributed by atoms with van der Waals surface area (Å²) in [6.07, 6.45) is 15.7. The zero-order valence-electron chi connectivity index (χ0n) is 32.9. The molecule has 0 aliphatic heterocycles. The highest BCUT2D eigenvalue weighted by atomic mass is 16.5. The molecule has 0 saturated heterocycles. The zero-order valence-corrected chi connectivity index (χ0v) is 32.9. The van der Waals surface area contributed by atoms with Crippen LogP contribution >= 0.6 is 0 Å². The minimum atomic E-state index is -0.936. The third kappa shape index (κ3) is 9.38. The summed E-state index contributed by atoms with van der Waals surface area (Å²) in [5.74, 6) is 2.65. The Morgan fingerprint density at radius 3 is 1.67 bits per heavy atom. The van der Waals surface area contributed by atoms with Gasteiger partial charge in [-0.1, -0.05) is 79.1 Å². The lowest BCUT2D eigenvalue weighted by atomic mass is 9.64. The van der Waals surface area contributed by atoms with Crippen molar-refractivity contribution in [1.82, 2.24) is 9.80 Å². The second kappa shape index (κ2) is 18.1. The fourth-order valence-corrected chi connectivity index (χ4v) is 9.19. The molecule has 6 rings (SSSR count). The van der Waals surface area contributed by atoms with Gasteiger partial charge in [0.2, 0.25) is 0 Å². The molecule has 6 heteroatoms. The van der Waals surface area contributed by atoms with Gasteiger partial charge < -0.3 is 29.5 Å². The summed E-state index contributed by atoms with van der Waals surface area (Å²) < 4.78 is 10.5. The van der Waals surface area contributed by atoms with Crippen molar-refractivity contribution < 1.29 is 19.7 Å². The van der Waals surface area contributed by atoms with E-state index >= 15 is 0 Å². The van der Waals surface area contributed by atoms with E-state index in [9.17, 15) is 10.2 Å². The van der Waals surface area contributed by atoms with Crippen LogP contribution in [0, 0.1) is 24.7 Å². The van der Waals surface area contributed by atoms with E-state index in [4.69, 9.17) is 9.47 Å².